The highest BCUT2D eigenvalue weighted by molar-refractivity contribution is 7.12. The van der Waals surface area contributed by atoms with E-state index in [-0.39, 0.29) is 5.91 Å². The van der Waals surface area contributed by atoms with Crippen molar-refractivity contribution in [2.24, 2.45) is 0 Å². The van der Waals surface area contributed by atoms with Gasteiger partial charge in [0.05, 0.1) is 4.88 Å². The van der Waals surface area contributed by atoms with Gasteiger partial charge in [-0.05, 0) is 54.1 Å². The summed E-state index contributed by atoms with van der Waals surface area (Å²) >= 11 is 7.53. The van der Waals surface area contributed by atoms with Crippen molar-refractivity contribution in [1.82, 2.24) is 5.32 Å². The van der Waals surface area contributed by atoms with Gasteiger partial charge in [-0.25, -0.2) is 0 Å². The molecule has 0 aliphatic heterocycles. The number of carbonyl (C=O) groups is 1. The number of aryl methyl sites for hydroxylation is 2. The molecule has 0 aliphatic carbocycles. The molecular formula is C21H20ClNO2S. The Morgan fingerprint density at radius 3 is 2.77 bits per heavy atom. The van der Waals surface area contributed by atoms with Crippen LogP contribution in [0, 0.1) is 13.8 Å². The van der Waals surface area contributed by atoms with Crippen LogP contribution >= 0.6 is 22.9 Å². The molecule has 0 saturated heterocycles. The summed E-state index contributed by atoms with van der Waals surface area (Å²) in [7, 11) is 0. The van der Waals surface area contributed by atoms with Crippen LogP contribution in [0.2, 0.25) is 5.02 Å². The van der Waals surface area contributed by atoms with E-state index >= 15 is 0 Å². The molecule has 1 N–H and O–H groups in total. The molecule has 1 amide bonds. The Kier molecular flexibility index (Phi) is 5.96. The normalized spacial score (nSPS) is 10.6. The second-order valence-electron chi connectivity index (χ2n) is 6.15. The highest BCUT2D eigenvalue weighted by Gasteiger charge is 2.10. The van der Waals surface area contributed by atoms with Gasteiger partial charge >= 0.3 is 0 Å². The average Bonchev–Trinajstić information content (AvgIpc) is 3.11. The highest BCUT2D eigenvalue weighted by Crippen LogP contribution is 2.22. The van der Waals surface area contributed by atoms with Crippen LogP contribution in [0.3, 0.4) is 0 Å². The molecule has 0 unspecified atom stereocenters. The van der Waals surface area contributed by atoms with E-state index in [0.29, 0.717) is 23.1 Å². The molecule has 0 saturated carbocycles. The van der Waals surface area contributed by atoms with Crippen LogP contribution in [0.25, 0.3) is 0 Å². The first-order valence-electron chi connectivity index (χ1n) is 8.32. The smallest absolute Gasteiger partial charge is 0.261 e. The minimum Gasteiger partial charge on any atom is -0.489 e. The van der Waals surface area contributed by atoms with E-state index < -0.39 is 0 Å². The van der Waals surface area contributed by atoms with Gasteiger partial charge in [0.2, 0.25) is 0 Å². The number of rotatable bonds is 6. The first kappa shape index (κ1) is 18.5. The third-order valence-electron chi connectivity index (χ3n) is 4.01. The zero-order valence-corrected chi connectivity index (χ0v) is 16.3. The van der Waals surface area contributed by atoms with Crippen molar-refractivity contribution in [3.63, 3.8) is 0 Å². The Bertz CT molecular complexity index is 920. The molecule has 0 atom stereocenters. The predicted octanol–water partition coefficient (Wildman–Crippen LogP) is 5.53. The summed E-state index contributed by atoms with van der Waals surface area (Å²) in [5.41, 5.74) is 4.15. The van der Waals surface area contributed by atoms with Crippen molar-refractivity contribution < 1.29 is 9.53 Å². The fourth-order valence-corrected chi connectivity index (χ4v) is 3.51. The van der Waals surface area contributed by atoms with E-state index in [1.54, 1.807) is 0 Å². The quantitative estimate of drug-likeness (QED) is 0.606. The fraction of sp³-hybridized carbons (Fsp3) is 0.190. The number of carbonyl (C=O) groups excluding carboxylic acids is 1. The average molecular weight is 386 g/mol. The van der Waals surface area contributed by atoms with Crippen LogP contribution in [0.5, 0.6) is 5.75 Å². The molecular weight excluding hydrogens is 366 g/mol. The maximum Gasteiger partial charge on any atom is 0.261 e. The predicted molar refractivity (Wildman–Crippen MR) is 107 cm³/mol. The fourth-order valence-electron chi connectivity index (χ4n) is 2.50. The van der Waals surface area contributed by atoms with Crippen molar-refractivity contribution in [3.05, 3.63) is 86.1 Å². The van der Waals surface area contributed by atoms with Gasteiger partial charge < -0.3 is 10.1 Å². The molecule has 0 spiro atoms. The molecule has 0 fully saturated rings. The number of nitrogens with one attached hydrogen (secondary N) is 1. The van der Waals surface area contributed by atoms with E-state index in [2.05, 4.69) is 11.4 Å². The van der Waals surface area contributed by atoms with E-state index in [9.17, 15) is 4.79 Å². The highest BCUT2D eigenvalue weighted by atomic mass is 35.5. The summed E-state index contributed by atoms with van der Waals surface area (Å²) in [5.74, 6) is 0.772. The van der Waals surface area contributed by atoms with Gasteiger partial charge in [-0.1, -0.05) is 41.9 Å². The Labute approximate surface area is 162 Å². The van der Waals surface area contributed by atoms with Crippen LogP contribution in [0.1, 0.15) is 31.9 Å². The molecule has 3 rings (SSSR count). The van der Waals surface area contributed by atoms with Gasteiger partial charge in [0, 0.05) is 17.1 Å². The van der Waals surface area contributed by atoms with Crippen molar-refractivity contribution >= 4 is 28.8 Å². The summed E-state index contributed by atoms with van der Waals surface area (Å²) < 4.78 is 5.90. The molecule has 5 heteroatoms. The number of benzene rings is 2. The first-order valence-corrected chi connectivity index (χ1v) is 9.58. The van der Waals surface area contributed by atoms with E-state index in [4.69, 9.17) is 16.3 Å². The molecule has 0 radical (unpaired) electrons. The van der Waals surface area contributed by atoms with E-state index in [0.717, 1.165) is 28.0 Å². The topological polar surface area (TPSA) is 38.3 Å². The molecule has 0 bridgehead atoms. The number of halogens is 1. The van der Waals surface area contributed by atoms with Crippen LogP contribution < -0.4 is 10.1 Å². The lowest BCUT2D eigenvalue weighted by Crippen LogP contribution is -2.21. The van der Waals surface area contributed by atoms with Gasteiger partial charge in [0.25, 0.3) is 5.91 Å². The van der Waals surface area contributed by atoms with Gasteiger partial charge in [-0.15, -0.1) is 11.3 Å². The van der Waals surface area contributed by atoms with Crippen molar-refractivity contribution in [2.75, 3.05) is 0 Å². The van der Waals surface area contributed by atoms with Gasteiger partial charge in [0.1, 0.15) is 12.4 Å². The molecule has 134 valence electrons. The maximum absolute atomic E-state index is 12.3. The molecule has 0 aliphatic rings. The lowest BCUT2D eigenvalue weighted by atomic mass is 10.1. The van der Waals surface area contributed by atoms with Gasteiger partial charge in [-0.2, -0.15) is 0 Å². The number of hydrogen-bond acceptors (Lipinski definition) is 3. The van der Waals surface area contributed by atoms with E-state index in [1.165, 1.54) is 11.3 Å². The lowest BCUT2D eigenvalue weighted by Gasteiger charge is -2.09. The van der Waals surface area contributed by atoms with Crippen LogP contribution in [-0.2, 0) is 13.2 Å². The Balaban J connectivity index is 1.58. The van der Waals surface area contributed by atoms with Gasteiger partial charge in [0.15, 0.2) is 0 Å². The number of hydrogen-bond donors (Lipinski definition) is 1. The second kappa shape index (κ2) is 8.39. The third kappa shape index (κ3) is 4.65. The maximum atomic E-state index is 12.3. The minimum atomic E-state index is -0.104. The van der Waals surface area contributed by atoms with Crippen LogP contribution in [0.4, 0.5) is 0 Å². The first-order chi connectivity index (χ1) is 12.5. The molecule has 3 aromatic rings. The zero-order valence-electron chi connectivity index (χ0n) is 14.7. The summed E-state index contributed by atoms with van der Waals surface area (Å²) in [6.07, 6.45) is 0. The molecule has 1 heterocycles. The number of amides is 1. The molecule has 1 aromatic heterocycles. The summed E-state index contributed by atoms with van der Waals surface area (Å²) in [4.78, 5) is 13.0. The van der Waals surface area contributed by atoms with E-state index in [1.807, 2.05) is 61.7 Å². The zero-order chi connectivity index (χ0) is 18.5. The summed E-state index contributed by atoms with van der Waals surface area (Å²) in [6, 6.07) is 15.5. The minimum absolute atomic E-state index is 0.104. The van der Waals surface area contributed by atoms with Crippen molar-refractivity contribution in [1.29, 1.82) is 0 Å². The molecule has 26 heavy (non-hydrogen) atoms. The standard InChI is InChI=1S/C21H20ClNO2S/c1-14-7-8-15(2)19(9-14)25-12-16-10-20(26-13-16)21(24)23-11-17-5-3-4-6-18(17)22/h3-10,13H,11-12H2,1-2H3,(H,23,24). The van der Waals surface area contributed by atoms with Gasteiger partial charge in [-0.3, -0.25) is 4.79 Å². The molecule has 3 nitrogen and oxygen atoms in total. The van der Waals surface area contributed by atoms with Crippen LogP contribution in [0.15, 0.2) is 53.9 Å². The van der Waals surface area contributed by atoms with Crippen molar-refractivity contribution in [3.8, 4) is 5.75 Å². The van der Waals surface area contributed by atoms with Crippen molar-refractivity contribution in [2.45, 2.75) is 27.0 Å². The monoisotopic (exact) mass is 385 g/mol. The van der Waals surface area contributed by atoms with Crippen LogP contribution in [-0.4, -0.2) is 5.91 Å². The largest absolute Gasteiger partial charge is 0.489 e. The Hall–Kier alpha value is -2.30. The molecule has 2 aromatic carbocycles. The number of ether oxygens (including phenoxy) is 1. The third-order valence-corrected chi connectivity index (χ3v) is 5.36. The SMILES string of the molecule is Cc1ccc(C)c(OCc2csc(C(=O)NCc3ccccc3Cl)c2)c1. The Morgan fingerprint density at radius 1 is 1.15 bits per heavy atom. The summed E-state index contributed by atoms with van der Waals surface area (Å²) in [6.45, 7) is 4.91. The second-order valence-corrected chi connectivity index (χ2v) is 7.47. The Morgan fingerprint density at radius 2 is 1.96 bits per heavy atom. The lowest BCUT2D eigenvalue weighted by molar-refractivity contribution is 0.0955. The number of thiophene rings is 1. The summed E-state index contributed by atoms with van der Waals surface area (Å²) in [5, 5.41) is 5.51.